The van der Waals surface area contributed by atoms with Crippen molar-refractivity contribution < 1.29 is 21.4 Å². The van der Waals surface area contributed by atoms with Crippen molar-refractivity contribution in [2.75, 3.05) is 12.4 Å². The lowest BCUT2D eigenvalue weighted by Crippen LogP contribution is -2.09. The van der Waals surface area contributed by atoms with Crippen LogP contribution in [0.15, 0.2) is 43.3 Å². The first kappa shape index (κ1) is 15.3. The lowest BCUT2D eigenvalue weighted by atomic mass is 10.4. The molecule has 0 saturated heterocycles. The predicted octanol–water partition coefficient (Wildman–Crippen LogP) is 2.66. The molecule has 0 aliphatic carbocycles. The highest BCUT2D eigenvalue weighted by Crippen LogP contribution is 2.23. The first-order valence-corrected chi connectivity index (χ1v) is 8.42. The number of halogens is 2. The molecule has 0 atom stereocenters. The predicted molar refractivity (Wildman–Crippen MR) is 73.0 cm³/mol. The van der Waals surface area contributed by atoms with Crippen molar-refractivity contribution in [1.82, 2.24) is 10.2 Å². The second kappa shape index (κ2) is 6.55. The minimum atomic E-state index is -4.04. The Morgan fingerprint density at radius 2 is 2.00 bits per heavy atom. The molecule has 6 nitrogen and oxygen atoms in total. The molecule has 10 heteroatoms. The van der Waals surface area contributed by atoms with Gasteiger partial charge in [0.15, 0.2) is 0 Å². The topological polar surface area (TPSA) is 82.3 Å². The van der Waals surface area contributed by atoms with E-state index in [-0.39, 0.29) is 15.9 Å². The summed E-state index contributed by atoms with van der Waals surface area (Å²) in [5, 5.41) is 7.00. The third kappa shape index (κ3) is 3.93. The van der Waals surface area contributed by atoms with Crippen molar-refractivity contribution in [2.24, 2.45) is 0 Å². The van der Waals surface area contributed by atoms with Gasteiger partial charge in [-0.15, -0.1) is 0 Å². The van der Waals surface area contributed by atoms with E-state index in [9.17, 15) is 12.8 Å². The van der Waals surface area contributed by atoms with Crippen LogP contribution in [0.25, 0.3) is 0 Å². The van der Waals surface area contributed by atoms with Gasteiger partial charge >= 0.3 is 16.2 Å². The van der Waals surface area contributed by atoms with Gasteiger partial charge in [0.1, 0.15) is 4.90 Å². The Morgan fingerprint density at radius 1 is 1.30 bits per heavy atom. The number of aromatic nitrogens is 2. The standard InChI is InChI=1S/C10H8BrFN2O4S2/c11-7-1-3-8(4-2-7)20(15,16)18-9-13-14-10(17-9)19-6-5-12/h1-4H,5-6H2. The van der Waals surface area contributed by atoms with Gasteiger partial charge in [-0.1, -0.05) is 37.9 Å². The Bertz CT molecular complexity index is 675. The maximum absolute atomic E-state index is 12.0. The summed E-state index contributed by atoms with van der Waals surface area (Å²) in [5.41, 5.74) is 0. The van der Waals surface area contributed by atoms with Crippen LogP contribution in [-0.4, -0.2) is 31.0 Å². The molecular formula is C10H8BrFN2O4S2. The van der Waals surface area contributed by atoms with Crippen molar-refractivity contribution in [3.8, 4) is 6.08 Å². The van der Waals surface area contributed by atoms with Crippen LogP contribution in [0, 0.1) is 0 Å². The molecule has 0 aliphatic rings. The fourth-order valence-electron chi connectivity index (χ4n) is 1.16. The van der Waals surface area contributed by atoms with Crippen molar-refractivity contribution in [2.45, 2.75) is 10.1 Å². The van der Waals surface area contributed by atoms with Crippen LogP contribution in [0.3, 0.4) is 0 Å². The van der Waals surface area contributed by atoms with Gasteiger partial charge in [0.05, 0.1) is 6.67 Å². The molecule has 0 radical (unpaired) electrons. The monoisotopic (exact) mass is 382 g/mol. The number of benzene rings is 1. The average molecular weight is 383 g/mol. The number of rotatable bonds is 6. The Kier molecular flexibility index (Phi) is 5.00. The Labute approximate surface area is 127 Å². The molecule has 2 rings (SSSR count). The van der Waals surface area contributed by atoms with E-state index in [0.717, 1.165) is 16.2 Å². The van der Waals surface area contributed by atoms with Crippen molar-refractivity contribution in [3.05, 3.63) is 28.7 Å². The number of hydrogen-bond donors (Lipinski definition) is 0. The van der Waals surface area contributed by atoms with Crippen LogP contribution >= 0.6 is 27.7 Å². The highest BCUT2D eigenvalue weighted by molar-refractivity contribution is 9.10. The van der Waals surface area contributed by atoms with E-state index in [2.05, 4.69) is 26.1 Å². The van der Waals surface area contributed by atoms with E-state index in [1.54, 1.807) is 12.1 Å². The summed E-state index contributed by atoms with van der Waals surface area (Å²) in [7, 11) is -4.04. The summed E-state index contributed by atoms with van der Waals surface area (Å²) in [4.78, 5) is -0.0446. The summed E-state index contributed by atoms with van der Waals surface area (Å²) in [6.45, 7) is -0.555. The van der Waals surface area contributed by atoms with E-state index in [1.807, 2.05) is 0 Å². The van der Waals surface area contributed by atoms with Crippen LogP contribution in [0.4, 0.5) is 4.39 Å². The summed E-state index contributed by atoms with van der Waals surface area (Å²) in [6.07, 6.45) is -0.505. The Morgan fingerprint density at radius 3 is 2.65 bits per heavy atom. The molecular weight excluding hydrogens is 375 g/mol. The molecule has 0 aliphatic heterocycles. The van der Waals surface area contributed by atoms with Gasteiger partial charge < -0.3 is 8.60 Å². The molecule has 0 spiro atoms. The summed E-state index contributed by atoms with van der Waals surface area (Å²) < 4.78 is 46.1. The van der Waals surface area contributed by atoms with Crippen molar-refractivity contribution in [3.63, 3.8) is 0 Å². The lowest BCUT2D eigenvalue weighted by molar-refractivity contribution is 0.333. The molecule has 108 valence electrons. The van der Waals surface area contributed by atoms with Gasteiger partial charge in [0, 0.05) is 10.2 Å². The zero-order valence-electron chi connectivity index (χ0n) is 9.82. The zero-order chi connectivity index (χ0) is 14.6. The number of nitrogens with zero attached hydrogens (tertiary/aromatic N) is 2. The van der Waals surface area contributed by atoms with Crippen LogP contribution in [0.5, 0.6) is 6.08 Å². The zero-order valence-corrected chi connectivity index (χ0v) is 13.0. The molecule has 0 amide bonds. The SMILES string of the molecule is O=S(=O)(Oc1nnc(SCCF)o1)c1ccc(Br)cc1. The first-order chi connectivity index (χ1) is 9.51. The molecule has 1 aromatic carbocycles. The van der Waals surface area contributed by atoms with E-state index in [0.29, 0.717) is 0 Å². The fourth-order valence-corrected chi connectivity index (χ4v) is 2.72. The minimum absolute atomic E-state index is 0.0446. The van der Waals surface area contributed by atoms with Crippen molar-refractivity contribution in [1.29, 1.82) is 0 Å². The summed E-state index contributed by atoms with van der Waals surface area (Å²) in [6, 6.07) is 5.86. The minimum Gasteiger partial charge on any atom is -0.382 e. The van der Waals surface area contributed by atoms with E-state index >= 15 is 0 Å². The second-order valence-electron chi connectivity index (χ2n) is 3.36. The quantitative estimate of drug-likeness (QED) is 0.560. The first-order valence-electron chi connectivity index (χ1n) is 5.23. The summed E-state index contributed by atoms with van der Waals surface area (Å²) in [5.74, 6) is 0.140. The highest BCUT2D eigenvalue weighted by Gasteiger charge is 2.20. The molecule has 20 heavy (non-hydrogen) atoms. The maximum Gasteiger partial charge on any atom is 0.431 e. The maximum atomic E-state index is 12.0. The normalized spacial score (nSPS) is 11.5. The fraction of sp³-hybridized carbons (Fsp3) is 0.200. The Hall–Kier alpha value is -1.13. The van der Waals surface area contributed by atoms with E-state index in [1.165, 1.54) is 12.1 Å². The van der Waals surface area contributed by atoms with Crippen LogP contribution < -0.4 is 4.18 Å². The molecule has 0 N–H and O–H groups in total. The van der Waals surface area contributed by atoms with E-state index < -0.39 is 22.9 Å². The number of thioether (sulfide) groups is 1. The van der Waals surface area contributed by atoms with Crippen LogP contribution in [-0.2, 0) is 10.1 Å². The summed E-state index contributed by atoms with van der Waals surface area (Å²) >= 11 is 4.17. The molecule has 0 fully saturated rings. The molecule has 1 heterocycles. The molecule has 2 aromatic rings. The molecule has 1 aromatic heterocycles. The lowest BCUT2D eigenvalue weighted by Gasteiger charge is -2.02. The van der Waals surface area contributed by atoms with Crippen LogP contribution in [0.1, 0.15) is 0 Å². The third-order valence-electron chi connectivity index (χ3n) is 1.97. The third-order valence-corrected chi connectivity index (χ3v) is 4.48. The van der Waals surface area contributed by atoms with Crippen molar-refractivity contribution >= 4 is 37.8 Å². The van der Waals surface area contributed by atoms with Gasteiger partial charge in [0.2, 0.25) is 0 Å². The number of hydrogen-bond acceptors (Lipinski definition) is 7. The number of alkyl halides is 1. The average Bonchev–Trinajstić information content (AvgIpc) is 2.83. The van der Waals surface area contributed by atoms with Gasteiger partial charge in [-0.25, -0.2) is 0 Å². The second-order valence-corrected chi connectivity index (χ2v) is 6.87. The van der Waals surface area contributed by atoms with Gasteiger partial charge in [-0.3, -0.25) is 4.39 Å². The van der Waals surface area contributed by atoms with Crippen LogP contribution in [0.2, 0.25) is 0 Å². The van der Waals surface area contributed by atoms with Gasteiger partial charge in [-0.05, 0) is 24.3 Å². The molecule has 0 bridgehead atoms. The molecule has 0 saturated carbocycles. The van der Waals surface area contributed by atoms with E-state index in [4.69, 9.17) is 8.60 Å². The van der Waals surface area contributed by atoms with Gasteiger partial charge in [0.25, 0.3) is 5.22 Å². The highest BCUT2D eigenvalue weighted by atomic mass is 79.9. The smallest absolute Gasteiger partial charge is 0.382 e. The molecule has 0 unspecified atom stereocenters. The van der Waals surface area contributed by atoms with Gasteiger partial charge in [-0.2, -0.15) is 8.42 Å². The Balaban J connectivity index is 2.12. The largest absolute Gasteiger partial charge is 0.431 e.